The fraction of sp³-hybridized carbons (Fsp3) is 0.200. The number of hydrogen-bond donors (Lipinski definition) is 1. The summed E-state index contributed by atoms with van der Waals surface area (Å²) in [5.74, 6) is 1.11. The van der Waals surface area contributed by atoms with Gasteiger partial charge in [-0.1, -0.05) is 15.9 Å². The normalized spacial score (nSPS) is 12.2. The Morgan fingerprint density at radius 2 is 1.84 bits per heavy atom. The van der Waals surface area contributed by atoms with Crippen LogP contribution in [0.25, 0.3) is 0 Å². The van der Waals surface area contributed by atoms with Gasteiger partial charge in [0.05, 0.1) is 0 Å². The molecule has 2 aromatic carbocycles. The molecule has 1 atom stereocenters. The summed E-state index contributed by atoms with van der Waals surface area (Å²) in [4.78, 5) is 0. The molecular weight excluding hydrogens is 309 g/mol. The van der Waals surface area contributed by atoms with E-state index in [2.05, 4.69) is 28.2 Å². The lowest BCUT2D eigenvalue weighted by Gasteiger charge is -2.16. The van der Waals surface area contributed by atoms with Gasteiger partial charge in [0.1, 0.15) is 17.3 Å². The van der Waals surface area contributed by atoms with Crippen molar-refractivity contribution < 1.29 is 9.13 Å². The predicted octanol–water partition coefficient (Wildman–Crippen LogP) is 4.66. The van der Waals surface area contributed by atoms with Gasteiger partial charge in [0.2, 0.25) is 0 Å². The summed E-state index contributed by atoms with van der Waals surface area (Å²) in [5.41, 5.74) is 1.04. The molecule has 0 aliphatic carbocycles. The highest BCUT2D eigenvalue weighted by atomic mass is 79.9. The molecule has 0 heterocycles. The molecule has 0 radical (unpaired) electrons. The smallest absolute Gasteiger partial charge is 0.132 e. The Bertz CT molecular complexity index is 557. The van der Waals surface area contributed by atoms with Crippen LogP contribution in [0, 0.1) is 5.82 Å². The third kappa shape index (κ3) is 3.55. The Morgan fingerprint density at radius 3 is 2.47 bits per heavy atom. The molecule has 100 valence electrons. The Balaban J connectivity index is 2.31. The van der Waals surface area contributed by atoms with Crippen LogP contribution >= 0.6 is 15.9 Å². The zero-order valence-corrected chi connectivity index (χ0v) is 12.4. The first-order valence-electron chi connectivity index (χ1n) is 6.00. The first-order valence-corrected chi connectivity index (χ1v) is 6.79. The second-order valence-electron chi connectivity index (χ2n) is 4.25. The zero-order chi connectivity index (χ0) is 13.8. The highest BCUT2D eigenvalue weighted by molar-refractivity contribution is 9.10. The van der Waals surface area contributed by atoms with Gasteiger partial charge in [-0.25, -0.2) is 4.39 Å². The summed E-state index contributed by atoms with van der Waals surface area (Å²) >= 11 is 3.46. The fourth-order valence-electron chi connectivity index (χ4n) is 1.74. The molecule has 0 saturated heterocycles. The molecule has 0 amide bonds. The minimum Gasteiger partial charge on any atom is -0.457 e. The van der Waals surface area contributed by atoms with Crippen LogP contribution in [0.15, 0.2) is 46.9 Å². The van der Waals surface area contributed by atoms with E-state index in [-0.39, 0.29) is 11.9 Å². The van der Waals surface area contributed by atoms with Crippen molar-refractivity contribution in [2.75, 3.05) is 7.05 Å². The SMILES string of the molecule is CNC(C)c1cc(Br)ccc1Oc1ccc(F)cc1. The lowest BCUT2D eigenvalue weighted by Crippen LogP contribution is -2.13. The zero-order valence-electron chi connectivity index (χ0n) is 10.8. The van der Waals surface area contributed by atoms with Crippen LogP contribution in [0.5, 0.6) is 11.5 Å². The molecule has 0 spiro atoms. The minimum atomic E-state index is -0.271. The van der Waals surface area contributed by atoms with Crippen molar-refractivity contribution in [2.24, 2.45) is 0 Å². The van der Waals surface area contributed by atoms with E-state index in [1.807, 2.05) is 25.2 Å². The molecule has 2 rings (SSSR count). The Labute approximate surface area is 120 Å². The van der Waals surface area contributed by atoms with E-state index >= 15 is 0 Å². The maximum absolute atomic E-state index is 12.9. The fourth-order valence-corrected chi connectivity index (χ4v) is 2.11. The van der Waals surface area contributed by atoms with Gasteiger partial charge in [-0.15, -0.1) is 0 Å². The van der Waals surface area contributed by atoms with E-state index < -0.39 is 0 Å². The van der Waals surface area contributed by atoms with Crippen molar-refractivity contribution in [2.45, 2.75) is 13.0 Å². The van der Waals surface area contributed by atoms with E-state index in [9.17, 15) is 4.39 Å². The minimum absolute atomic E-state index is 0.160. The molecular formula is C15H15BrFNO. The summed E-state index contributed by atoms with van der Waals surface area (Å²) in [5, 5.41) is 3.18. The highest BCUT2D eigenvalue weighted by Gasteiger charge is 2.11. The largest absolute Gasteiger partial charge is 0.457 e. The molecule has 0 aliphatic heterocycles. The van der Waals surface area contributed by atoms with Crippen LogP contribution in [-0.4, -0.2) is 7.05 Å². The predicted molar refractivity (Wildman–Crippen MR) is 78.1 cm³/mol. The average Bonchev–Trinajstić information content (AvgIpc) is 2.42. The summed E-state index contributed by atoms with van der Waals surface area (Å²) in [6, 6.07) is 12.0. The van der Waals surface area contributed by atoms with Crippen LogP contribution in [0.3, 0.4) is 0 Å². The first kappa shape index (κ1) is 14.0. The van der Waals surface area contributed by atoms with Crippen molar-refractivity contribution in [3.8, 4) is 11.5 Å². The van der Waals surface area contributed by atoms with E-state index in [0.29, 0.717) is 5.75 Å². The monoisotopic (exact) mass is 323 g/mol. The van der Waals surface area contributed by atoms with Crippen molar-refractivity contribution in [1.29, 1.82) is 0 Å². The number of hydrogen-bond acceptors (Lipinski definition) is 2. The number of rotatable bonds is 4. The highest BCUT2D eigenvalue weighted by Crippen LogP contribution is 2.32. The van der Waals surface area contributed by atoms with Crippen LogP contribution in [0.4, 0.5) is 4.39 Å². The lowest BCUT2D eigenvalue weighted by molar-refractivity contribution is 0.464. The van der Waals surface area contributed by atoms with Gasteiger partial charge in [-0.05, 0) is 56.4 Å². The Hall–Kier alpha value is -1.39. The van der Waals surface area contributed by atoms with Gasteiger partial charge in [0, 0.05) is 16.1 Å². The topological polar surface area (TPSA) is 21.3 Å². The second-order valence-corrected chi connectivity index (χ2v) is 5.16. The van der Waals surface area contributed by atoms with E-state index in [4.69, 9.17) is 4.74 Å². The molecule has 19 heavy (non-hydrogen) atoms. The van der Waals surface area contributed by atoms with Crippen molar-refractivity contribution >= 4 is 15.9 Å². The summed E-state index contributed by atoms with van der Waals surface area (Å²) < 4.78 is 19.7. The summed E-state index contributed by atoms with van der Waals surface area (Å²) in [6.45, 7) is 2.05. The Kier molecular flexibility index (Phi) is 4.56. The Morgan fingerprint density at radius 1 is 1.16 bits per heavy atom. The van der Waals surface area contributed by atoms with Crippen molar-refractivity contribution in [3.63, 3.8) is 0 Å². The molecule has 0 saturated carbocycles. The maximum atomic E-state index is 12.9. The molecule has 0 bridgehead atoms. The number of ether oxygens (including phenoxy) is 1. The van der Waals surface area contributed by atoms with Crippen LogP contribution in [0.2, 0.25) is 0 Å². The van der Waals surface area contributed by atoms with Crippen molar-refractivity contribution in [3.05, 3.63) is 58.3 Å². The van der Waals surface area contributed by atoms with Crippen LogP contribution in [0.1, 0.15) is 18.5 Å². The van der Waals surface area contributed by atoms with Crippen molar-refractivity contribution in [1.82, 2.24) is 5.32 Å². The molecule has 2 aromatic rings. The molecule has 1 N–H and O–H groups in total. The maximum Gasteiger partial charge on any atom is 0.132 e. The van der Waals surface area contributed by atoms with Gasteiger partial charge in [-0.3, -0.25) is 0 Å². The van der Waals surface area contributed by atoms with E-state index in [1.165, 1.54) is 12.1 Å². The molecule has 4 heteroatoms. The average molecular weight is 324 g/mol. The van der Waals surface area contributed by atoms with Gasteiger partial charge >= 0.3 is 0 Å². The molecule has 0 fully saturated rings. The van der Waals surface area contributed by atoms with E-state index in [1.54, 1.807) is 12.1 Å². The lowest BCUT2D eigenvalue weighted by atomic mass is 10.1. The third-order valence-electron chi connectivity index (χ3n) is 2.91. The molecule has 1 unspecified atom stereocenters. The van der Waals surface area contributed by atoms with Gasteiger partial charge < -0.3 is 10.1 Å². The first-order chi connectivity index (χ1) is 9.10. The quantitative estimate of drug-likeness (QED) is 0.883. The summed E-state index contributed by atoms with van der Waals surface area (Å²) in [7, 11) is 1.90. The molecule has 2 nitrogen and oxygen atoms in total. The number of nitrogens with one attached hydrogen (secondary N) is 1. The van der Waals surface area contributed by atoms with Gasteiger partial charge in [0.15, 0.2) is 0 Å². The molecule has 0 aliphatic rings. The van der Waals surface area contributed by atoms with Gasteiger partial charge in [-0.2, -0.15) is 0 Å². The molecule has 0 aromatic heterocycles. The summed E-state index contributed by atoms with van der Waals surface area (Å²) in [6.07, 6.45) is 0. The third-order valence-corrected chi connectivity index (χ3v) is 3.41. The van der Waals surface area contributed by atoms with Crippen LogP contribution in [-0.2, 0) is 0 Å². The number of halogens is 2. The standard InChI is InChI=1S/C15H15BrFNO/c1-10(18-2)14-9-11(16)3-8-15(14)19-13-6-4-12(17)5-7-13/h3-10,18H,1-2H3. The van der Waals surface area contributed by atoms with E-state index in [0.717, 1.165) is 15.8 Å². The number of benzene rings is 2. The van der Waals surface area contributed by atoms with Gasteiger partial charge in [0.25, 0.3) is 0 Å². The van der Waals surface area contributed by atoms with Crippen LogP contribution < -0.4 is 10.1 Å². The second kappa shape index (κ2) is 6.17.